The molecular formula is C22H29N5O2. The van der Waals surface area contributed by atoms with Crippen molar-refractivity contribution in [2.45, 2.75) is 20.8 Å². The van der Waals surface area contributed by atoms with Crippen LogP contribution in [-0.2, 0) is 4.79 Å². The zero-order valence-electron chi connectivity index (χ0n) is 17.4. The maximum atomic E-state index is 12.6. The van der Waals surface area contributed by atoms with E-state index in [1.54, 1.807) is 22.1 Å². The predicted octanol–water partition coefficient (Wildman–Crippen LogP) is 2.89. The highest BCUT2D eigenvalue weighted by atomic mass is 16.2. The van der Waals surface area contributed by atoms with E-state index in [2.05, 4.69) is 54.2 Å². The third-order valence-corrected chi connectivity index (χ3v) is 5.35. The van der Waals surface area contributed by atoms with Gasteiger partial charge < -0.3 is 20.0 Å². The largest absolute Gasteiger partial charge is 0.372 e. The number of hydrogen-bond donors (Lipinski definition) is 1. The summed E-state index contributed by atoms with van der Waals surface area (Å²) in [6.45, 7) is 10.6. The van der Waals surface area contributed by atoms with E-state index in [-0.39, 0.29) is 5.91 Å². The summed E-state index contributed by atoms with van der Waals surface area (Å²) >= 11 is 0. The molecule has 1 aromatic carbocycles. The van der Waals surface area contributed by atoms with Gasteiger partial charge in [0.2, 0.25) is 6.41 Å². The zero-order valence-corrected chi connectivity index (χ0v) is 17.4. The molecule has 2 amide bonds. The third-order valence-electron chi connectivity index (χ3n) is 5.35. The van der Waals surface area contributed by atoms with Gasteiger partial charge in [-0.25, -0.2) is 4.98 Å². The van der Waals surface area contributed by atoms with E-state index in [0.717, 1.165) is 36.4 Å². The lowest BCUT2D eigenvalue weighted by atomic mass is 10.1. The molecule has 0 aliphatic carbocycles. The second-order valence-corrected chi connectivity index (χ2v) is 7.16. The first kappa shape index (κ1) is 20.6. The van der Waals surface area contributed by atoms with Crippen molar-refractivity contribution in [1.29, 1.82) is 0 Å². The monoisotopic (exact) mass is 395 g/mol. The lowest BCUT2D eigenvalue weighted by molar-refractivity contribution is -0.119. The molecule has 0 unspecified atom stereocenters. The summed E-state index contributed by atoms with van der Waals surface area (Å²) in [4.78, 5) is 33.5. The van der Waals surface area contributed by atoms with Gasteiger partial charge in [-0.15, -0.1) is 0 Å². The van der Waals surface area contributed by atoms with Crippen LogP contribution in [0.25, 0.3) is 0 Å². The van der Waals surface area contributed by atoms with Crippen molar-refractivity contribution < 1.29 is 9.59 Å². The molecule has 0 radical (unpaired) electrons. The average Bonchev–Trinajstić information content (AvgIpc) is 2.76. The Morgan fingerprint density at radius 1 is 1.14 bits per heavy atom. The molecule has 3 rings (SSSR count). The molecule has 154 valence electrons. The molecule has 0 saturated carbocycles. The minimum atomic E-state index is -0.0955. The van der Waals surface area contributed by atoms with Crippen molar-refractivity contribution in [2.24, 2.45) is 0 Å². The van der Waals surface area contributed by atoms with Crippen LogP contribution in [0.1, 0.15) is 29.9 Å². The number of piperazine rings is 1. The summed E-state index contributed by atoms with van der Waals surface area (Å²) in [5.41, 5.74) is 4.65. The van der Waals surface area contributed by atoms with E-state index in [4.69, 9.17) is 0 Å². The van der Waals surface area contributed by atoms with Gasteiger partial charge in [0.1, 0.15) is 5.69 Å². The molecule has 7 nitrogen and oxygen atoms in total. The minimum Gasteiger partial charge on any atom is -0.372 e. The number of aromatic nitrogens is 1. The molecular weight excluding hydrogens is 366 g/mol. The lowest BCUT2D eigenvalue weighted by Crippen LogP contribution is -2.48. The van der Waals surface area contributed by atoms with Crippen LogP contribution in [-0.4, -0.2) is 66.4 Å². The van der Waals surface area contributed by atoms with E-state index < -0.39 is 0 Å². The van der Waals surface area contributed by atoms with Crippen LogP contribution in [0.3, 0.4) is 0 Å². The highest BCUT2D eigenvalue weighted by Crippen LogP contribution is 2.25. The van der Waals surface area contributed by atoms with Crippen LogP contribution >= 0.6 is 0 Å². The number of nitrogens with zero attached hydrogens (tertiary/aromatic N) is 4. The molecule has 1 aliphatic heterocycles. The normalized spacial score (nSPS) is 13.9. The lowest BCUT2D eigenvalue weighted by Gasteiger charge is -2.32. The average molecular weight is 396 g/mol. The number of aryl methyl sites for hydroxylation is 1. The van der Waals surface area contributed by atoms with Crippen LogP contribution in [0.15, 0.2) is 36.5 Å². The van der Waals surface area contributed by atoms with E-state index in [1.807, 2.05) is 6.07 Å². The van der Waals surface area contributed by atoms with Gasteiger partial charge in [-0.1, -0.05) is 0 Å². The zero-order chi connectivity index (χ0) is 20.8. The molecule has 2 heterocycles. The third kappa shape index (κ3) is 4.85. The minimum absolute atomic E-state index is 0.0955. The van der Waals surface area contributed by atoms with Crippen LogP contribution < -0.4 is 10.2 Å². The van der Waals surface area contributed by atoms with E-state index >= 15 is 0 Å². The van der Waals surface area contributed by atoms with Crippen LogP contribution in [0.4, 0.5) is 17.1 Å². The predicted molar refractivity (Wildman–Crippen MR) is 116 cm³/mol. The summed E-state index contributed by atoms with van der Waals surface area (Å²) < 4.78 is 0. The Kier molecular flexibility index (Phi) is 6.69. The van der Waals surface area contributed by atoms with Crippen LogP contribution in [0.5, 0.6) is 0 Å². The molecule has 29 heavy (non-hydrogen) atoms. The first-order chi connectivity index (χ1) is 14.0. The molecule has 1 saturated heterocycles. The topological polar surface area (TPSA) is 68.8 Å². The molecule has 2 aromatic rings. The maximum Gasteiger partial charge on any atom is 0.272 e. The van der Waals surface area contributed by atoms with Crippen molar-refractivity contribution in [1.82, 2.24) is 14.8 Å². The number of anilines is 3. The number of rotatable bonds is 7. The molecule has 7 heteroatoms. The van der Waals surface area contributed by atoms with Crippen molar-refractivity contribution in [2.75, 3.05) is 49.5 Å². The van der Waals surface area contributed by atoms with Gasteiger partial charge in [-0.05, 0) is 56.7 Å². The van der Waals surface area contributed by atoms with Crippen LogP contribution in [0.2, 0.25) is 0 Å². The standard InChI is InChI=1S/C22H29N5O2/c1-4-26(5-2)19-7-9-20(17(3)14-19)24-18-6-8-21(23-15-18)22(29)27-12-10-25(16-28)11-13-27/h6-9,14-16,24H,4-5,10-13H2,1-3H3. The SMILES string of the molecule is CCN(CC)c1ccc(Nc2ccc(C(=O)N3CCN(C=O)CC3)nc2)c(C)c1. The number of amides is 2. The summed E-state index contributed by atoms with van der Waals surface area (Å²) in [5, 5.41) is 3.38. The summed E-state index contributed by atoms with van der Waals surface area (Å²) in [6.07, 6.45) is 2.52. The van der Waals surface area contributed by atoms with Gasteiger partial charge in [-0.2, -0.15) is 0 Å². The Morgan fingerprint density at radius 2 is 1.86 bits per heavy atom. The second-order valence-electron chi connectivity index (χ2n) is 7.16. The molecule has 1 fully saturated rings. The van der Waals surface area contributed by atoms with Crippen molar-refractivity contribution in [3.8, 4) is 0 Å². The van der Waals surface area contributed by atoms with Crippen molar-refractivity contribution in [3.05, 3.63) is 47.8 Å². The second kappa shape index (κ2) is 9.41. The van der Waals surface area contributed by atoms with Gasteiger partial charge in [0.05, 0.1) is 11.9 Å². The molecule has 0 atom stereocenters. The molecule has 1 aromatic heterocycles. The maximum absolute atomic E-state index is 12.6. The number of pyridine rings is 1. The van der Waals surface area contributed by atoms with Gasteiger partial charge in [0.15, 0.2) is 0 Å². The number of carbonyl (C=O) groups is 2. The molecule has 1 N–H and O–H groups in total. The van der Waals surface area contributed by atoms with E-state index in [9.17, 15) is 9.59 Å². The number of benzene rings is 1. The fourth-order valence-electron chi connectivity index (χ4n) is 3.52. The number of carbonyl (C=O) groups excluding carboxylic acids is 2. The number of nitrogens with one attached hydrogen (secondary N) is 1. The molecule has 0 spiro atoms. The highest BCUT2D eigenvalue weighted by molar-refractivity contribution is 5.92. The van der Waals surface area contributed by atoms with Crippen LogP contribution in [0, 0.1) is 6.92 Å². The first-order valence-electron chi connectivity index (χ1n) is 10.1. The highest BCUT2D eigenvalue weighted by Gasteiger charge is 2.22. The first-order valence-corrected chi connectivity index (χ1v) is 10.1. The molecule has 1 aliphatic rings. The summed E-state index contributed by atoms with van der Waals surface area (Å²) in [5.74, 6) is -0.0955. The van der Waals surface area contributed by atoms with Gasteiger partial charge in [-0.3, -0.25) is 9.59 Å². The number of hydrogen-bond acceptors (Lipinski definition) is 5. The van der Waals surface area contributed by atoms with Gasteiger partial charge in [0.25, 0.3) is 5.91 Å². The quantitative estimate of drug-likeness (QED) is 0.730. The Bertz CT molecular complexity index is 841. The van der Waals surface area contributed by atoms with E-state index in [0.29, 0.717) is 31.9 Å². The Hall–Kier alpha value is -3.09. The Labute approximate surface area is 172 Å². The van der Waals surface area contributed by atoms with Crippen molar-refractivity contribution in [3.63, 3.8) is 0 Å². The summed E-state index contributed by atoms with van der Waals surface area (Å²) in [7, 11) is 0. The Morgan fingerprint density at radius 3 is 2.41 bits per heavy atom. The Balaban J connectivity index is 1.65. The molecule has 0 bridgehead atoms. The van der Waals surface area contributed by atoms with Gasteiger partial charge >= 0.3 is 0 Å². The fourth-order valence-corrected chi connectivity index (χ4v) is 3.52. The fraction of sp³-hybridized carbons (Fsp3) is 0.409. The van der Waals surface area contributed by atoms with Crippen molar-refractivity contribution >= 4 is 29.4 Å². The van der Waals surface area contributed by atoms with Gasteiger partial charge in [0, 0.05) is 50.6 Å². The van der Waals surface area contributed by atoms with E-state index in [1.165, 1.54) is 5.69 Å². The smallest absolute Gasteiger partial charge is 0.272 e. The summed E-state index contributed by atoms with van der Waals surface area (Å²) in [6, 6.07) is 10.00.